The number of Topliss-reactive ketones (excluding diaryl/α,β-unsaturated/α-hetero) is 1. The zero-order valence-electron chi connectivity index (χ0n) is 10.9. The minimum absolute atomic E-state index is 0.00321. The van der Waals surface area contributed by atoms with E-state index in [-0.39, 0.29) is 24.7 Å². The number of fused-ring (bicyclic) bond motifs is 1. The first-order valence-electron chi connectivity index (χ1n) is 6.58. The zero-order valence-corrected chi connectivity index (χ0v) is 10.9. The summed E-state index contributed by atoms with van der Waals surface area (Å²) in [5, 5.41) is 0. The molecule has 1 aromatic heterocycles. The van der Waals surface area contributed by atoms with Crippen molar-refractivity contribution in [2.75, 3.05) is 13.2 Å². The van der Waals surface area contributed by atoms with Crippen LogP contribution in [0.2, 0.25) is 0 Å². The van der Waals surface area contributed by atoms with Gasteiger partial charge in [0.25, 0.3) is 0 Å². The summed E-state index contributed by atoms with van der Waals surface area (Å²) in [6, 6.07) is 3.78. The fraction of sp³-hybridized carbons (Fsp3) is 0.571. The van der Waals surface area contributed by atoms with Crippen LogP contribution in [0.25, 0.3) is 0 Å². The van der Waals surface area contributed by atoms with Gasteiger partial charge in [-0.25, -0.2) is 0 Å². The van der Waals surface area contributed by atoms with Gasteiger partial charge in [-0.1, -0.05) is 6.07 Å². The number of ether oxygens (including phenoxy) is 1. The van der Waals surface area contributed by atoms with Crippen molar-refractivity contribution in [2.24, 2.45) is 0 Å². The molecule has 0 bridgehead atoms. The second-order valence-corrected chi connectivity index (χ2v) is 4.88. The molecule has 0 fully saturated rings. The quantitative estimate of drug-likeness (QED) is 0.781. The molecule has 0 N–H and O–H groups in total. The number of rotatable bonds is 5. The highest BCUT2D eigenvalue weighted by atomic mass is 19.4. The van der Waals surface area contributed by atoms with E-state index in [9.17, 15) is 18.0 Å². The summed E-state index contributed by atoms with van der Waals surface area (Å²) in [5.74, 6) is -0.388. The Balaban J connectivity index is 1.88. The maximum Gasteiger partial charge on any atom is 0.411 e. The third-order valence-electron chi connectivity index (χ3n) is 3.34. The summed E-state index contributed by atoms with van der Waals surface area (Å²) in [7, 11) is 0. The number of nitrogens with zero attached hydrogens (tertiary/aromatic N) is 1. The van der Waals surface area contributed by atoms with Crippen LogP contribution in [0.4, 0.5) is 13.2 Å². The molecular formula is C14H16F3NO2. The molecule has 20 heavy (non-hydrogen) atoms. The number of hydrogen-bond donors (Lipinski definition) is 0. The van der Waals surface area contributed by atoms with Crippen molar-refractivity contribution in [3.8, 4) is 0 Å². The van der Waals surface area contributed by atoms with Crippen LogP contribution in [0.1, 0.15) is 36.4 Å². The van der Waals surface area contributed by atoms with Gasteiger partial charge in [-0.2, -0.15) is 13.2 Å². The Bertz CT molecular complexity index is 474. The van der Waals surface area contributed by atoms with Crippen LogP contribution >= 0.6 is 0 Å². The molecule has 0 saturated heterocycles. The van der Waals surface area contributed by atoms with E-state index in [1.807, 2.05) is 12.1 Å². The fourth-order valence-corrected chi connectivity index (χ4v) is 2.46. The third kappa shape index (κ3) is 4.03. The molecule has 0 spiro atoms. The number of halogens is 3. The monoisotopic (exact) mass is 287 g/mol. The van der Waals surface area contributed by atoms with E-state index in [1.165, 1.54) is 0 Å². The van der Waals surface area contributed by atoms with Crippen LogP contribution in [-0.2, 0) is 16.0 Å². The lowest BCUT2D eigenvalue weighted by Crippen LogP contribution is -2.22. The summed E-state index contributed by atoms with van der Waals surface area (Å²) >= 11 is 0. The molecule has 6 heteroatoms. The van der Waals surface area contributed by atoms with Crippen molar-refractivity contribution < 1.29 is 22.7 Å². The molecule has 1 heterocycles. The molecule has 1 aliphatic rings. The van der Waals surface area contributed by atoms with Crippen LogP contribution < -0.4 is 0 Å². The van der Waals surface area contributed by atoms with Gasteiger partial charge in [-0.05, 0) is 30.9 Å². The minimum Gasteiger partial charge on any atom is -0.372 e. The predicted molar refractivity (Wildman–Crippen MR) is 66.4 cm³/mol. The van der Waals surface area contributed by atoms with E-state index in [4.69, 9.17) is 0 Å². The normalized spacial score (nSPS) is 18.6. The summed E-state index contributed by atoms with van der Waals surface area (Å²) in [6.07, 6.45) is -0.193. The fourth-order valence-electron chi connectivity index (χ4n) is 2.46. The van der Waals surface area contributed by atoms with Gasteiger partial charge in [0.05, 0.1) is 18.2 Å². The van der Waals surface area contributed by atoms with Crippen molar-refractivity contribution in [3.63, 3.8) is 0 Å². The summed E-state index contributed by atoms with van der Waals surface area (Å²) in [4.78, 5) is 16.3. The maximum absolute atomic E-state index is 12.1. The highest BCUT2D eigenvalue weighted by Crippen LogP contribution is 2.31. The van der Waals surface area contributed by atoms with E-state index in [0.717, 1.165) is 24.1 Å². The highest BCUT2D eigenvalue weighted by molar-refractivity contribution is 5.85. The molecule has 1 unspecified atom stereocenters. The molecule has 1 aromatic rings. The molecule has 0 saturated carbocycles. The Labute approximate surface area is 115 Å². The molecular weight excluding hydrogens is 271 g/mol. The number of pyridine rings is 1. The number of carbonyl (C=O) groups excluding carboxylic acids is 1. The maximum atomic E-state index is 12.1. The van der Waals surface area contributed by atoms with Crippen LogP contribution in [-0.4, -0.2) is 30.2 Å². The standard InChI is InChI=1S/C14H16F3NO2/c15-14(16,17)9-20-8-6-12(19)11-5-1-3-10-4-2-7-18-13(10)11/h2,4,7,11H,1,3,5-6,8-9H2. The van der Waals surface area contributed by atoms with Gasteiger partial charge < -0.3 is 4.74 Å². The molecule has 3 nitrogen and oxygen atoms in total. The van der Waals surface area contributed by atoms with Crippen LogP contribution in [0.15, 0.2) is 18.3 Å². The Morgan fingerprint density at radius 2 is 2.25 bits per heavy atom. The molecule has 0 amide bonds. The summed E-state index contributed by atoms with van der Waals surface area (Å²) in [6.45, 7) is -1.50. The van der Waals surface area contributed by atoms with E-state index >= 15 is 0 Å². The van der Waals surface area contributed by atoms with Crippen LogP contribution in [0.3, 0.4) is 0 Å². The molecule has 2 rings (SSSR count). The summed E-state index contributed by atoms with van der Waals surface area (Å²) < 4.78 is 40.2. The third-order valence-corrected chi connectivity index (χ3v) is 3.34. The largest absolute Gasteiger partial charge is 0.411 e. The zero-order chi connectivity index (χ0) is 14.6. The molecule has 110 valence electrons. The number of hydrogen-bond acceptors (Lipinski definition) is 3. The van der Waals surface area contributed by atoms with Gasteiger partial charge in [0.15, 0.2) is 0 Å². The van der Waals surface area contributed by atoms with E-state index < -0.39 is 12.8 Å². The van der Waals surface area contributed by atoms with Gasteiger partial charge in [0.2, 0.25) is 0 Å². The van der Waals surface area contributed by atoms with Gasteiger partial charge in [0, 0.05) is 12.6 Å². The predicted octanol–water partition coefficient (Wildman–Crippen LogP) is 3.04. The van der Waals surface area contributed by atoms with Gasteiger partial charge in [0.1, 0.15) is 12.4 Å². The first-order valence-corrected chi connectivity index (χ1v) is 6.58. The number of carbonyl (C=O) groups is 1. The second-order valence-electron chi connectivity index (χ2n) is 4.88. The number of ketones is 1. The summed E-state index contributed by atoms with van der Waals surface area (Å²) in [5.41, 5.74) is 1.84. The van der Waals surface area contributed by atoms with Crippen molar-refractivity contribution in [1.82, 2.24) is 4.98 Å². The van der Waals surface area contributed by atoms with Gasteiger partial charge in [-0.3, -0.25) is 9.78 Å². The van der Waals surface area contributed by atoms with E-state index in [1.54, 1.807) is 6.20 Å². The van der Waals surface area contributed by atoms with Gasteiger partial charge in [-0.15, -0.1) is 0 Å². The molecule has 0 radical (unpaired) electrons. The first kappa shape index (κ1) is 15.0. The highest BCUT2D eigenvalue weighted by Gasteiger charge is 2.29. The van der Waals surface area contributed by atoms with Crippen molar-refractivity contribution in [3.05, 3.63) is 29.6 Å². The molecule has 1 aliphatic carbocycles. The minimum atomic E-state index is -4.35. The smallest absolute Gasteiger partial charge is 0.372 e. The lowest BCUT2D eigenvalue weighted by atomic mass is 9.83. The Morgan fingerprint density at radius 3 is 3.00 bits per heavy atom. The molecule has 0 aliphatic heterocycles. The number of aromatic nitrogens is 1. The molecule has 0 aromatic carbocycles. The topological polar surface area (TPSA) is 39.2 Å². The first-order chi connectivity index (χ1) is 9.47. The van der Waals surface area contributed by atoms with Crippen molar-refractivity contribution >= 4 is 5.78 Å². The molecule has 1 atom stereocenters. The van der Waals surface area contributed by atoms with E-state index in [2.05, 4.69) is 9.72 Å². The van der Waals surface area contributed by atoms with Crippen LogP contribution in [0, 0.1) is 0 Å². The Morgan fingerprint density at radius 1 is 1.45 bits per heavy atom. The Hall–Kier alpha value is -1.43. The van der Waals surface area contributed by atoms with Crippen LogP contribution in [0.5, 0.6) is 0 Å². The number of alkyl halides is 3. The average molecular weight is 287 g/mol. The SMILES string of the molecule is O=C(CCOCC(F)(F)F)C1CCCc2cccnc21. The van der Waals surface area contributed by atoms with Crippen molar-refractivity contribution in [1.29, 1.82) is 0 Å². The van der Waals surface area contributed by atoms with Crippen molar-refractivity contribution in [2.45, 2.75) is 37.8 Å². The lowest BCUT2D eigenvalue weighted by Gasteiger charge is -2.23. The average Bonchev–Trinajstić information content (AvgIpc) is 2.41. The Kier molecular flexibility index (Phi) is 4.75. The lowest BCUT2D eigenvalue weighted by molar-refractivity contribution is -0.174. The van der Waals surface area contributed by atoms with Gasteiger partial charge >= 0.3 is 6.18 Å². The second kappa shape index (κ2) is 6.35. The number of aryl methyl sites for hydroxylation is 1. The van der Waals surface area contributed by atoms with E-state index in [0.29, 0.717) is 6.42 Å².